The number of ketones is 1. The first kappa shape index (κ1) is 22.9. The molecule has 0 bridgehead atoms. The van der Waals surface area contributed by atoms with Crippen LogP contribution in [-0.4, -0.2) is 49.0 Å². The van der Waals surface area contributed by atoms with Crippen molar-refractivity contribution in [1.29, 1.82) is 0 Å². The molecule has 8 heteroatoms. The fraction of sp³-hybridized carbons (Fsp3) is 0.292. The highest BCUT2D eigenvalue weighted by Crippen LogP contribution is 2.28. The summed E-state index contributed by atoms with van der Waals surface area (Å²) in [5, 5.41) is 3.27. The zero-order valence-electron chi connectivity index (χ0n) is 18.3. The lowest BCUT2D eigenvalue weighted by atomic mass is 10.1. The quantitative estimate of drug-likeness (QED) is 0.371. The third-order valence-electron chi connectivity index (χ3n) is 4.74. The highest BCUT2D eigenvalue weighted by molar-refractivity contribution is 6.10. The van der Waals surface area contributed by atoms with Crippen molar-refractivity contribution in [2.75, 3.05) is 26.4 Å². The number of benzene rings is 2. The molecule has 32 heavy (non-hydrogen) atoms. The van der Waals surface area contributed by atoms with Gasteiger partial charge >= 0.3 is 5.97 Å². The number of Topliss-reactive ketones (excluding diaryl/α,β-unsaturated/α-hetero) is 1. The Morgan fingerprint density at radius 2 is 1.69 bits per heavy atom. The molecular weight excluding hydrogens is 412 g/mol. The van der Waals surface area contributed by atoms with Crippen LogP contribution in [0.4, 0.5) is 0 Å². The van der Waals surface area contributed by atoms with Gasteiger partial charge < -0.3 is 24.5 Å². The Balaban J connectivity index is 1.55. The molecule has 1 amide bonds. The van der Waals surface area contributed by atoms with Crippen LogP contribution in [0.5, 0.6) is 11.5 Å². The van der Waals surface area contributed by atoms with Crippen LogP contribution < -0.4 is 14.8 Å². The molecule has 0 aliphatic carbocycles. The van der Waals surface area contributed by atoms with Gasteiger partial charge in [0.2, 0.25) is 5.78 Å². The van der Waals surface area contributed by atoms with Gasteiger partial charge in [-0.2, -0.15) is 0 Å². The molecular formula is C24H26N2O6. The summed E-state index contributed by atoms with van der Waals surface area (Å²) in [7, 11) is 0. The molecule has 0 saturated heterocycles. The fourth-order valence-corrected chi connectivity index (χ4v) is 3.35. The van der Waals surface area contributed by atoms with Gasteiger partial charge in [-0.1, -0.05) is 18.2 Å². The van der Waals surface area contributed by atoms with Crippen LogP contribution in [0.3, 0.4) is 0 Å². The molecule has 1 heterocycles. The summed E-state index contributed by atoms with van der Waals surface area (Å²) in [5.74, 6) is -0.502. The molecule has 0 aliphatic heterocycles. The molecule has 2 aromatic carbocycles. The smallest absolute Gasteiger partial charge is 0.325 e. The van der Waals surface area contributed by atoms with E-state index in [1.165, 1.54) is 0 Å². The second kappa shape index (κ2) is 10.5. The molecule has 0 atom stereocenters. The molecule has 168 valence electrons. The predicted octanol–water partition coefficient (Wildman–Crippen LogP) is 3.43. The number of hydrogen-bond donors (Lipinski definition) is 2. The third-order valence-corrected chi connectivity index (χ3v) is 4.74. The molecule has 0 saturated carbocycles. The molecule has 3 rings (SSSR count). The lowest BCUT2D eigenvalue weighted by Gasteiger charge is -2.12. The summed E-state index contributed by atoms with van der Waals surface area (Å²) in [6.07, 6.45) is 0. The van der Waals surface area contributed by atoms with E-state index in [0.29, 0.717) is 41.5 Å². The summed E-state index contributed by atoms with van der Waals surface area (Å²) in [5.41, 5.74) is 2.36. The maximum Gasteiger partial charge on any atom is 0.325 e. The van der Waals surface area contributed by atoms with Crippen LogP contribution >= 0.6 is 0 Å². The zero-order valence-corrected chi connectivity index (χ0v) is 18.3. The van der Waals surface area contributed by atoms with Crippen molar-refractivity contribution in [3.05, 3.63) is 59.3 Å². The molecule has 0 fully saturated rings. The number of aromatic nitrogens is 1. The van der Waals surface area contributed by atoms with Gasteiger partial charge in [-0.3, -0.25) is 14.4 Å². The Labute approximate surface area is 185 Å². The van der Waals surface area contributed by atoms with Crippen LogP contribution in [0.25, 0.3) is 10.9 Å². The summed E-state index contributed by atoms with van der Waals surface area (Å²) in [4.78, 5) is 40.2. The van der Waals surface area contributed by atoms with E-state index in [-0.39, 0.29) is 12.3 Å². The first-order valence-corrected chi connectivity index (χ1v) is 10.4. The number of ether oxygens (including phenoxy) is 3. The van der Waals surface area contributed by atoms with E-state index in [0.717, 1.165) is 10.9 Å². The number of fused-ring (bicyclic) bond motifs is 1. The van der Waals surface area contributed by atoms with Crippen molar-refractivity contribution in [3.8, 4) is 11.5 Å². The van der Waals surface area contributed by atoms with Crippen molar-refractivity contribution in [2.24, 2.45) is 0 Å². The Morgan fingerprint density at radius 1 is 0.969 bits per heavy atom. The van der Waals surface area contributed by atoms with Gasteiger partial charge in [0.15, 0.2) is 18.1 Å². The third kappa shape index (κ3) is 5.26. The minimum absolute atomic E-state index is 0.313. The Hall–Kier alpha value is -3.81. The number of rotatable bonds is 10. The number of carbonyl (C=O) groups is 3. The van der Waals surface area contributed by atoms with Crippen LogP contribution in [-0.2, 0) is 9.53 Å². The monoisotopic (exact) mass is 438 g/mol. The number of nitrogens with one attached hydrogen (secondary N) is 2. The van der Waals surface area contributed by atoms with Gasteiger partial charge in [0.05, 0.1) is 13.2 Å². The number of aromatic amines is 1. The van der Waals surface area contributed by atoms with E-state index in [9.17, 15) is 14.4 Å². The molecule has 0 spiro atoms. The minimum atomic E-state index is -0.708. The van der Waals surface area contributed by atoms with E-state index < -0.39 is 18.5 Å². The van der Waals surface area contributed by atoms with Crippen LogP contribution in [0, 0.1) is 6.92 Å². The average molecular weight is 438 g/mol. The first-order chi connectivity index (χ1) is 15.4. The van der Waals surface area contributed by atoms with Crippen molar-refractivity contribution < 1.29 is 28.6 Å². The molecule has 0 radical (unpaired) electrons. The lowest BCUT2D eigenvalue weighted by Crippen LogP contribution is -2.31. The summed E-state index contributed by atoms with van der Waals surface area (Å²) >= 11 is 0. The fourth-order valence-electron chi connectivity index (χ4n) is 3.35. The molecule has 3 aromatic rings. The maximum absolute atomic E-state index is 12.6. The number of H-pyrrole nitrogens is 1. The summed E-state index contributed by atoms with van der Waals surface area (Å²) in [6, 6.07) is 12.2. The van der Waals surface area contributed by atoms with Crippen molar-refractivity contribution in [3.63, 3.8) is 0 Å². The number of hydrogen-bond acceptors (Lipinski definition) is 6. The topological polar surface area (TPSA) is 107 Å². The second-order valence-corrected chi connectivity index (χ2v) is 6.96. The molecule has 1 aromatic heterocycles. The first-order valence-electron chi connectivity index (χ1n) is 10.4. The van der Waals surface area contributed by atoms with Crippen LogP contribution in [0.15, 0.2) is 42.5 Å². The lowest BCUT2D eigenvalue weighted by molar-refractivity contribution is -0.141. The summed E-state index contributed by atoms with van der Waals surface area (Å²) < 4.78 is 16.1. The van der Waals surface area contributed by atoms with E-state index in [2.05, 4.69) is 10.3 Å². The number of para-hydroxylation sites is 1. The molecule has 0 aliphatic rings. The van der Waals surface area contributed by atoms with Gasteiger partial charge in [-0.15, -0.1) is 0 Å². The highest BCUT2D eigenvalue weighted by atomic mass is 16.5. The van der Waals surface area contributed by atoms with Gasteiger partial charge in [0.1, 0.15) is 6.54 Å². The Kier molecular flexibility index (Phi) is 7.49. The normalized spacial score (nSPS) is 10.6. The number of esters is 1. The van der Waals surface area contributed by atoms with Crippen molar-refractivity contribution in [1.82, 2.24) is 10.3 Å². The van der Waals surface area contributed by atoms with Crippen molar-refractivity contribution in [2.45, 2.75) is 20.8 Å². The van der Waals surface area contributed by atoms with E-state index in [1.54, 1.807) is 25.1 Å². The molecule has 2 N–H and O–H groups in total. The van der Waals surface area contributed by atoms with Gasteiger partial charge in [0, 0.05) is 27.7 Å². The summed E-state index contributed by atoms with van der Waals surface area (Å²) in [6.45, 7) is 5.59. The number of amides is 1. The van der Waals surface area contributed by atoms with E-state index in [4.69, 9.17) is 14.2 Å². The van der Waals surface area contributed by atoms with Gasteiger partial charge in [-0.25, -0.2) is 0 Å². The van der Waals surface area contributed by atoms with E-state index >= 15 is 0 Å². The zero-order chi connectivity index (χ0) is 23.1. The van der Waals surface area contributed by atoms with Crippen LogP contribution in [0.1, 0.15) is 40.3 Å². The molecule has 0 unspecified atom stereocenters. The number of aryl methyl sites for hydroxylation is 1. The van der Waals surface area contributed by atoms with E-state index in [1.807, 2.05) is 38.1 Å². The second-order valence-electron chi connectivity index (χ2n) is 6.96. The Morgan fingerprint density at radius 3 is 2.44 bits per heavy atom. The SMILES string of the molecule is CCOc1ccc(C(=O)NCC(=O)OCC(=O)c2c(C)[nH]c3ccccc23)cc1OCC. The minimum Gasteiger partial charge on any atom is -0.490 e. The van der Waals surface area contributed by atoms with Gasteiger partial charge in [-0.05, 0) is 45.0 Å². The van der Waals surface area contributed by atoms with Crippen molar-refractivity contribution >= 4 is 28.6 Å². The van der Waals surface area contributed by atoms with Crippen LogP contribution in [0.2, 0.25) is 0 Å². The predicted molar refractivity (Wildman–Crippen MR) is 119 cm³/mol. The molecule has 8 nitrogen and oxygen atoms in total. The highest BCUT2D eigenvalue weighted by Gasteiger charge is 2.18. The standard InChI is InChI=1S/C24H26N2O6/c1-4-30-20-11-10-16(12-21(20)31-5-2)24(29)25-13-22(28)32-14-19(27)23-15(3)26-18-9-7-6-8-17(18)23/h6-12,26H,4-5,13-14H2,1-3H3,(H,25,29). The Bertz CT molecular complexity index is 1130. The van der Waals surface area contributed by atoms with Gasteiger partial charge in [0.25, 0.3) is 5.91 Å². The largest absolute Gasteiger partial charge is 0.490 e. The maximum atomic E-state index is 12.6. The number of carbonyl (C=O) groups excluding carboxylic acids is 3. The average Bonchev–Trinajstić information content (AvgIpc) is 3.13.